The zero-order chi connectivity index (χ0) is 17.6. The summed E-state index contributed by atoms with van der Waals surface area (Å²) in [6.45, 7) is 6.61. The highest BCUT2D eigenvalue weighted by molar-refractivity contribution is 6.30. The lowest BCUT2D eigenvalue weighted by atomic mass is 10.1. The Morgan fingerprint density at radius 3 is 2.04 bits per heavy atom. The number of hydrogen-bond donors (Lipinski definition) is 2. The van der Waals surface area contributed by atoms with Crippen LogP contribution in [0.4, 0.5) is 0 Å². The van der Waals surface area contributed by atoms with Crippen LogP contribution in [-0.4, -0.2) is 29.9 Å². The molecule has 0 aliphatic rings. The average Bonchev–Trinajstić information content (AvgIpc) is 2.57. The van der Waals surface area contributed by atoms with Crippen LogP contribution in [0.15, 0.2) is 48.5 Å². The molecule has 0 radical (unpaired) electrons. The van der Waals surface area contributed by atoms with Crippen LogP contribution in [0.1, 0.15) is 20.8 Å². The molecule has 0 aromatic heterocycles. The van der Waals surface area contributed by atoms with Gasteiger partial charge in [0, 0.05) is 17.1 Å². The Hall–Kier alpha value is -1.75. The molecular formula is C19H24ClNO3. The van der Waals surface area contributed by atoms with Gasteiger partial charge in [0.2, 0.25) is 0 Å². The molecule has 1 unspecified atom stereocenters. The average molecular weight is 350 g/mol. The second-order valence-electron chi connectivity index (χ2n) is 6.38. The first kappa shape index (κ1) is 18.6. The highest BCUT2D eigenvalue weighted by Gasteiger charge is 2.16. The number of nitrogens with one attached hydrogen (secondary N) is 1. The molecule has 5 heteroatoms. The van der Waals surface area contributed by atoms with Crippen molar-refractivity contribution in [3.8, 4) is 17.2 Å². The fourth-order valence-electron chi connectivity index (χ4n) is 1.97. The zero-order valence-electron chi connectivity index (χ0n) is 14.3. The molecule has 2 aromatic rings. The van der Waals surface area contributed by atoms with Gasteiger partial charge in [0.1, 0.15) is 23.4 Å². The minimum atomic E-state index is -0.312. The van der Waals surface area contributed by atoms with Gasteiger partial charge in [-0.15, -0.1) is 0 Å². The minimum Gasteiger partial charge on any atom is -0.489 e. The molecule has 0 fully saturated rings. The minimum absolute atomic E-state index is 0.0149. The van der Waals surface area contributed by atoms with Crippen LogP contribution in [0.3, 0.4) is 0 Å². The van der Waals surface area contributed by atoms with E-state index >= 15 is 0 Å². The Labute approximate surface area is 148 Å². The molecule has 0 saturated carbocycles. The van der Waals surface area contributed by atoms with Crippen molar-refractivity contribution in [3.05, 3.63) is 53.6 Å². The molecule has 0 saturated heterocycles. The van der Waals surface area contributed by atoms with Gasteiger partial charge in [-0.1, -0.05) is 11.6 Å². The molecule has 2 aromatic carbocycles. The van der Waals surface area contributed by atoms with E-state index in [0.29, 0.717) is 11.6 Å². The molecule has 1 atom stereocenters. The Bertz CT molecular complexity index is 626. The molecule has 0 aliphatic heterocycles. The Morgan fingerprint density at radius 2 is 1.50 bits per heavy atom. The maximum Gasteiger partial charge on any atom is 0.127 e. The summed E-state index contributed by atoms with van der Waals surface area (Å²) in [5.74, 6) is 2.24. The van der Waals surface area contributed by atoms with Crippen molar-refractivity contribution < 1.29 is 14.6 Å². The van der Waals surface area contributed by atoms with Crippen molar-refractivity contribution in [2.24, 2.45) is 0 Å². The zero-order valence-corrected chi connectivity index (χ0v) is 15.0. The SMILES string of the molecule is CC(CNC(C)(C)CO)Oc1ccc(Oc2ccc(Cl)cc2)cc1. The lowest BCUT2D eigenvalue weighted by Crippen LogP contribution is -2.46. The molecule has 4 nitrogen and oxygen atoms in total. The molecule has 2 rings (SSSR count). The summed E-state index contributed by atoms with van der Waals surface area (Å²) >= 11 is 5.86. The second-order valence-corrected chi connectivity index (χ2v) is 6.82. The van der Waals surface area contributed by atoms with Crippen LogP contribution < -0.4 is 14.8 Å². The lowest BCUT2D eigenvalue weighted by molar-refractivity contribution is 0.157. The first-order chi connectivity index (χ1) is 11.4. The molecule has 0 heterocycles. The molecule has 0 bridgehead atoms. The Balaban J connectivity index is 1.86. The normalized spacial score (nSPS) is 12.7. The maximum absolute atomic E-state index is 9.24. The summed E-state index contributed by atoms with van der Waals surface area (Å²) in [7, 11) is 0. The second kappa shape index (κ2) is 8.38. The molecule has 0 amide bonds. The van der Waals surface area contributed by atoms with Gasteiger partial charge in [-0.2, -0.15) is 0 Å². The Morgan fingerprint density at radius 1 is 1.00 bits per heavy atom. The van der Waals surface area contributed by atoms with E-state index in [0.717, 1.165) is 17.2 Å². The Kier molecular flexibility index (Phi) is 6.49. The molecule has 0 spiro atoms. The predicted octanol–water partition coefficient (Wildman–Crippen LogP) is 4.26. The number of ether oxygens (including phenoxy) is 2. The van der Waals surface area contributed by atoms with Crippen LogP contribution in [0.25, 0.3) is 0 Å². The largest absolute Gasteiger partial charge is 0.489 e. The van der Waals surface area contributed by atoms with Gasteiger partial charge >= 0.3 is 0 Å². The van der Waals surface area contributed by atoms with Gasteiger partial charge in [-0.3, -0.25) is 0 Å². The van der Waals surface area contributed by atoms with E-state index in [-0.39, 0.29) is 18.2 Å². The molecular weight excluding hydrogens is 326 g/mol. The first-order valence-corrected chi connectivity index (χ1v) is 8.32. The van der Waals surface area contributed by atoms with Gasteiger partial charge < -0.3 is 19.9 Å². The standard InChI is InChI=1S/C19H24ClNO3/c1-14(12-21-19(2,3)13-22)23-16-8-10-18(11-9-16)24-17-6-4-15(20)5-7-17/h4-11,14,21-22H,12-13H2,1-3H3. The number of halogens is 1. The molecule has 130 valence electrons. The predicted molar refractivity (Wildman–Crippen MR) is 97.2 cm³/mol. The van der Waals surface area contributed by atoms with Crippen molar-refractivity contribution in [1.82, 2.24) is 5.32 Å². The molecule has 24 heavy (non-hydrogen) atoms. The third kappa shape index (κ3) is 6.04. The fraction of sp³-hybridized carbons (Fsp3) is 0.368. The van der Waals surface area contributed by atoms with Crippen molar-refractivity contribution in [2.75, 3.05) is 13.2 Å². The van der Waals surface area contributed by atoms with Crippen molar-refractivity contribution in [1.29, 1.82) is 0 Å². The summed E-state index contributed by atoms with van der Waals surface area (Å²) in [4.78, 5) is 0. The lowest BCUT2D eigenvalue weighted by Gasteiger charge is -2.26. The van der Waals surface area contributed by atoms with E-state index in [4.69, 9.17) is 21.1 Å². The first-order valence-electron chi connectivity index (χ1n) is 7.94. The van der Waals surface area contributed by atoms with Crippen LogP contribution in [-0.2, 0) is 0 Å². The summed E-state index contributed by atoms with van der Waals surface area (Å²) in [5.41, 5.74) is -0.312. The van der Waals surface area contributed by atoms with E-state index < -0.39 is 0 Å². The fourth-order valence-corrected chi connectivity index (χ4v) is 2.10. The third-order valence-electron chi connectivity index (χ3n) is 3.47. The van der Waals surface area contributed by atoms with E-state index in [9.17, 15) is 5.11 Å². The van der Waals surface area contributed by atoms with Crippen molar-refractivity contribution in [3.63, 3.8) is 0 Å². The topological polar surface area (TPSA) is 50.7 Å². The van der Waals surface area contributed by atoms with Crippen molar-refractivity contribution in [2.45, 2.75) is 32.4 Å². The highest BCUT2D eigenvalue weighted by Crippen LogP contribution is 2.25. The number of rotatable bonds is 8. The quantitative estimate of drug-likeness (QED) is 0.747. The van der Waals surface area contributed by atoms with E-state index in [1.54, 1.807) is 12.1 Å². The van der Waals surface area contributed by atoms with E-state index in [1.165, 1.54) is 0 Å². The highest BCUT2D eigenvalue weighted by atomic mass is 35.5. The molecule has 2 N–H and O–H groups in total. The number of benzene rings is 2. The van der Waals surface area contributed by atoms with Crippen molar-refractivity contribution >= 4 is 11.6 Å². The summed E-state index contributed by atoms with van der Waals surface area (Å²) in [6.07, 6.45) is -0.0149. The van der Waals surface area contributed by atoms with Crippen LogP contribution in [0.2, 0.25) is 5.02 Å². The number of aliphatic hydroxyl groups excluding tert-OH is 1. The smallest absolute Gasteiger partial charge is 0.127 e. The third-order valence-corrected chi connectivity index (χ3v) is 3.73. The van der Waals surface area contributed by atoms with Gasteiger partial charge in [-0.25, -0.2) is 0 Å². The van der Waals surface area contributed by atoms with Crippen LogP contribution >= 0.6 is 11.6 Å². The summed E-state index contributed by atoms with van der Waals surface area (Å²) in [6, 6.07) is 14.7. The van der Waals surface area contributed by atoms with Crippen LogP contribution in [0.5, 0.6) is 17.2 Å². The van der Waals surface area contributed by atoms with E-state index in [2.05, 4.69) is 5.32 Å². The number of aliphatic hydroxyl groups is 1. The maximum atomic E-state index is 9.24. The summed E-state index contributed by atoms with van der Waals surface area (Å²) in [5, 5.41) is 13.2. The number of hydrogen-bond acceptors (Lipinski definition) is 4. The monoisotopic (exact) mass is 349 g/mol. The van der Waals surface area contributed by atoms with Gasteiger partial charge in [-0.05, 0) is 69.3 Å². The van der Waals surface area contributed by atoms with Gasteiger partial charge in [0.05, 0.1) is 6.61 Å². The summed E-state index contributed by atoms with van der Waals surface area (Å²) < 4.78 is 11.6. The van der Waals surface area contributed by atoms with Gasteiger partial charge in [0.15, 0.2) is 0 Å². The molecule has 0 aliphatic carbocycles. The van der Waals surface area contributed by atoms with Crippen LogP contribution in [0, 0.1) is 0 Å². The van der Waals surface area contributed by atoms with Gasteiger partial charge in [0.25, 0.3) is 0 Å². The van der Waals surface area contributed by atoms with E-state index in [1.807, 2.05) is 57.2 Å².